The first-order valence-electron chi connectivity index (χ1n) is 10.3. The molecule has 2 atom stereocenters. The average molecular weight is 496 g/mol. The summed E-state index contributed by atoms with van der Waals surface area (Å²) in [6.45, 7) is 0.851. The Morgan fingerprint density at radius 2 is 1.50 bits per heavy atom. The van der Waals surface area contributed by atoms with Crippen molar-refractivity contribution < 1.29 is 33.2 Å². The number of halogens is 2. The van der Waals surface area contributed by atoms with Gasteiger partial charge in [-0.05, 0) is 55.2 Å². The molecular formula is C25H22F2N4O5. The van der Waals surface area contributed by atoms with Crippen LogP contribution in [0, 0.1) is 23.7 Å². The first kappa shape index (κ1) is 27.5. The number of urea groups is 1. The maximum absolute atomic E-state index is 13.8. The van der Waals surface area contributed by atoms with E-state index in [1.165, 1.54) is 36.8 Å². The van der Waals surface area contributed by atoms with Gasteiger partial charge in [0.15, 0.2) is 0 Å². The molecule has 0 spiro atoms. The number of aldehydes is 1. The third-order valence-corrected chi connectivity index (χ3v) is 4.98. The topological polar surface area (TPSA) is 137 Å². The zero-order valence-corrected chi connectivity index (χ0v) is 19.2. The van der Waals surface area contributed by atoms with Crippen LogP contribution in [0.2, 0.25) is 0 Å². The van der Waals surface area contributed by atoms with E-state index in [4.69, 9.17) is 5.21 Å². The summed E-state index contributed by atoms with van der Waals surface area (Å²) in [6, 6.07) is 9.24. The zero-order valence-electron chi connectivity index (χ0n) is 19.2. The van der Waals surface area contributed by atoms with Crippen LogP contribution in [0.1, 0.15) is 38.8 Å². The van der Waals surface area contributed by atoms with Gasteiger partial charge in [0, 0.05) is 29.3 Å². The standard InChI is InChI=1S/C25H22F2N4O5/c1-25(23(26)27,30-24(35)28-2)20(22(34)31-36)29-21(33)19-13-11-17(12-14-19)6-4-3-5-16-7-9-18(15-32)10-8-16/h7-15,20,23,36H,1-2H3,(H,29,33)(H,31,34)(H2,28,30,35)/t20-,25?/m1/s1. The number of hydroxylamine groups is 1. The van der Waals surface area contributed by atoms with Gasteiger partial charge in [-0.25, -0.2) is 19.1 Å². The predicted octanol–water partition coefficient (Wildman–Crippen LogP) is 1.46. The number of hydrogen-bond donors (Lipinski definition) is 5. The second-order valence-electron chi connectivity index (χ2n) is 7.49. The second-order valence-corrected chi connectivity index (χ2v) is 7.49. The van der Waals surface area contributed by atoms with Crippen molar-refractivity contribution >= 4 is 24.1 Å². The average Bonchev–Trinajstić information content (AvgIpc) is 2.89. The summed E-state index contributed by atoms with van der Waals surface area (Å²) in [4.78, 5) is 47.1. The Balaban J connectivity index is 2.17. The predicted molar refractivity (Wildman–Crippen MR) is 125 cm³/mol. The van der Waals surface area contributed by atoms with Crippen molar-refractivity contribution in [1.82, 2.24) is 21.4 Å². The van der Waals surface area contributed by atoms with Gasteiger partial charge in [0.25, 0.3) is 18.2 Å². The van der Waals surface area contributed by atoms with Gasteiger partial charge in [0.1, 0.15) is 17.9 Å². The van der Waals surface area contributed by atoms with Crippen molar-refractivity contribution in [2.24, 2.45) is 0 Å². The maximum Gasteiger partial charge on any atom is 0.315 e. The first-order chi connectivity index (χ1) is 17.1. The quantitative estimate of drug-likeness (QED) is 0.171. The molecule has 5 N–H and O–H groups in total. The molecule has 0 fully saturated rings. The molecule has 1 unspecified atom stereocenters. The Bertz CT molecular complexity index is 1240. The third kappa shape index (κ3) is 7.13. The van der Waals surface area contributed by atoms with Crippen molar-refractivity contribution in [3.05, 3.63) is 70.8 Å². The molecule has 2 aromatic carbocycles. The van der Waals surface area contributed by atoms with Gasteiger partial charge in [-0.2, -0.15) is 0 Å². The van der Waals surface area contributed by atoms with Gasteiger partial charge in [-0.1, -0.05) is 24.0 Å². The van der Waals surface area contributed by atoms with Gasteiger partial charge in [-0.3, -0.25) is 19.6 Å². The lowest BCUT2D eigenvalue weighted by Crippen LogP contribution is -2.69. The van der Waals surface area contributed by atoms with E-state index in [1.807, 2.05) is 5.32 Å². The van der Waals surface area contributed by atoms with Crippen LogP contribution in [0.25, 0.3) is 0 Å². The van der Waals surface area contributed by atoms with Crippen LogP contribution >= 0.6 is 0 Å². The summed E-state index contributed by atoms with van der Waals surface area (Å²) in [5.74, 6) is 8.63. The van der Waals surface area contributed by atoms with Gasteiger partial charge in [-0.15, -0.1) is 0 Å². The molecule has 9 nitrogen and oxygen atoms in total. The van der Waals surface area contributed by atoms with E-state index in [1.54, 1.807) is 24.3 Å². The number of amides is 4. The molecule has 36 heavy (non-hydrogen) atoms. The van der Waals surface area contributed by atoms with E-state index in [-0.39, 0.29) is 5.56 Å². The third-order valence-electron chi connectivity index (χ3n) is 4.98. The Hall–Kier alpha value is -4.74. The van der Waals surface area contributed by atoms with Crippen LogP contribution in [0.15, 0.2) is 48.5 Å². The number of alkyl halides is 2. The molecule has 4 amide bonds. The Morgan fingerprint density at radius 3 is 1.94 bits per heavy atom. The minimum atomic E-state index is -3.29. The molecule has 0 saturated heterocycles. The minimum Gasteiger partial charge on any atom is -0.341 e. The monoisotopic (exact) mass is 496 g/mol. The van der Waals surface area contributed by atoms with E-state index in [2.05, 4.69) is 34.3 Å². The highest BCUT2D eigenvalue weighted by atomic mass is 19.3. The molecule has 2 rings (SSSR count). The smallest absolute Gasteiger partial charge is 0.315 e. The Labute approximate surface area is 205 Å². The zero-order chi connectivity index (χ0) is 26.7. The van der Waals surface area contributed by atoms with Crippen LogP contribution in [-0.2, 0) is 4.79 Å². The molecule has 0 saturated carbocycles. The van der Waals surface area contributed by atoms with E-state index >= 15 is 0 Å². The molecule has 0 aromatic heterocycles. The van der Waals surface area contributed by atoms with Crippen LogP contribution < -0.4 is 21.4 Å². The fourth-order valence-corrected chi connectivity index (χ4v) is 2.88. The molecule has 11 heteroatoms. The summed E-state index contributed by atoms with van der Waals surface area (Å²) in [6.07, 6.45) is -2.57. The van der Waals surface area contributed by atoms with Gasteiger partial charge < -0.3 is 16.0 Å². The first-order valence-corrected chi connectivity index (χ1v) is 10.3. The lowest BCUT2D eigenvalue weighted by molar-refractivity contribution is -0.135. The van der Waals surface area contributed by atoms with Crippen molar-refractivity contribution in [3.8, 4) is 23.7 Å². The summed E-state index contributed by atoms with van der Waals surface area (Å²) < 4.78 is 27.7. The molecule has 0 aliphatic rings. The largest absolute Gasteiger partial charge is 0.341 e. The van der Waals surface area contributed by atoms with E-state index < -0.39 is 35.9 Å². The highest BCUT2D eigenvalue weighted by Crippen LogP contribution is 2.21. The van der Waals surface area contributed by atoms with Crippen molar-refractivity contribution in [2.75, 3.05) is 7.05 Å². The van der Waals surface area contributed by atoms with E-state index in [0.29, 0.717) is 16.7 Å². The number of rotatable bonds is 7. The second kappa shape index (κ2) is 12.6. The number of nitrogens with one attached hydrogen (secondary N) is 4. The lowest BCUT2D eigenvalue weighted by atomic mass is 9.91. The Morgan fingerprint density at radius 1 is 0.972 bits per heavy atom. The van der Waals surface area contributed by atoms with Crippen LogP contribution in [-0.4, -0.2) is 54.4 Å². The molecule has 0 aliphatic carbocycles. The fourth-order valence-electron chi connectivity index (χ4n) is 2.88. The molecule has 2 aromatic rings. The molecule has 0 radical (unpaired) electrons. The van der Waals surface area contributed by atoms with Gasteiger partial charge in [0.2, 0.25) is 0 Å². The molecule has 0 heterocycles. The maximum atomic E-state index is 13.8. The van der Waals surface area contributed by atoms with Crippen molar-refractivity contribution in [3.63, 3.8) is 0 Å². The molecule has 0 aliphatic heterocycles. The van der Waals surface area contributed by atoms with E-state index in [0.717, 1.165) is 13.2 Å². The summed E-state index contributed by atoms with van der Waals surface area (Å²) in [5, 5.41) is 15.1. The van der Waals surface area contributed by atoms with Gasteiger partial charge >= 0.3 is 6.03 Å². The molecular weight excluding hydrogens is 474 g/mol. The van der Waals surface area contributed by atoms with Crippen LogP contribution in [0.4, 0.5) is 13.6 Å². The van der Waals surface area contributed by atoms with Crippen LogP contribution in [0.3, 0.4) is 0 Å². The number of carbonyl (C=O) groups excluding carboxylic acids is 4. The highest BCUT2D eigenvalue weighted by Gasteiger charge is 2.48. The Kier molecular flexibility index (Phi) is 9.66. The number of hydrogen-bond acceptors (Lipinski definition) is 5. The van der Waals surface area contributed by atoms with Gasteiger partial charge in [0.05, 0.1) is 0 Å². The highest BCUT2D eigenvalue weighted by molar-refractivity contribution is 5.98. The van der Waals surface area contributed by atoms with Crippen LogP contribution in [0.5, 0.6) is 0 Å². The summed E-state index contributed by atoms with van der Waals surface area (Å²) in [7, 11) is 1.18. The normalized spacial score (nSPS) is 12.4. The lowest BCUT2D eigenvalue weighted by Gasteiger charge is -2.36. The SMILES string of the molecule is CNC(=O)NC(C)(C(F)F)[C@H](NC(=O)c1ccc(C#CC#Cc2ccc(C=O)cc2)cc1)C(=O)NO. The number of carbonyl (C=O) groups is 4. The molecule has 0 bridgehead atoms. The summed E-state index contributed by atoms with van der Waals surface area (Å²) in [5.41, 5.74) is 0.377. The minimum absolute atomic E-state index is 0.00852. The summed E-state index contributed by atoms with van der Waals surface area (Å²) >= 11 is 0. The van der Waals surface area contributed by atoms with Crippen molar-refractivity contribution in [2.45, 2.75) is 24.9 Å². The molecule has 186 valence electrons. The van der Waals surface area contributed by atoms with Crippen molar-refractivity contribution in [1.29, 1.82) is 0 Å². The van der Waals surface area contributed by atoms with E-state index in [9.17, 15) is 28.0 Å². The fraction of sp³-hybridized carbons (Fsp3) is 0.200. The number of benzene rings is 2.